The van der Waals surface area contributed by atoms with Gasteiger partial charge in [-0.3, -0.25) is 0 Å². The van der Waals surface area contributed by atoms with Gasteiger partial charge in [-0.25, -0.2) is 0 Å². The van der Waals surface area contributed by atoms with Crippen LogP contribution in [0.1, 0.15) is 5.56 Å². The van der Waals surface area contributed by atoms with Crippen molar-refractivity contribution in [1.29, 1.82) is 0 Å². The molecule has 0 unspecified atom stereocenters. The molecule has 0 aromatic heterocycles. The molecule has 0 aliphatic heterocycles. The molecule has 0 heterocycles. The smallest absolute Gasteiger partial charge is 0.123 e. The Hall–Kier alpha value is -2.16. The Balaban J connectivity index is 2.62. The Bertz CT molecular complexity index is 512. The lowest BCUT2D eigenvalue weighted by Gasteiger charge is -2.07. The number of rotatable bonds is 1. The zero-order chi connectivity index (χ0) is 11.7. The number of aryl methyl sites for hydroxylation is 1. The molecule has 0 spiro atoms. The second-order valence-electron chi connectivity index (χ2n) is 3.76. The van der Waals surface area contributed by atoms with Gasteiger partial charge in [0.2, 0.25) is 0 Å². The summed E-state index contributed by atoms with van der Waals surface area (Å²) in [6.07, 6.45) is 0. The Kier molecular flexibility index (Phi) is 2.44. The van der Waals surface area contributed by atoms with E-state index < -0.39 is 0 Å². The fourth-order valence-electron chi connectivity index (χ4n) is 1.67. The molecule has 0 atom stereocenters. The fourth-order valence-corrected chi connectivity index (χ4v) is 1.67. The van der Waals surface area contributed by atoms with Gasteiger partial charge in [0.25, 0.3) is 0 Å². The molecular formula is C13H12O3. The highest BCUT2D eigenvalue weighted by molar-refractivity contribution is 5.73. The summed E-state index contributed by atoms with van der Waals surface area (Å²) in [7, 11) is 0. The highest BCUT2D eigenvalue weighted by Gasteiger charge is 2.07. The maximum Gasteiger partial charge on any atom is 0.123 e. The standard InChI is InChI=1S/C13H12O3/c1-8-4-9(6-11(15)5-8)12-7-10(14)2-3-13(12)16/h2-7,14-16H,1H3. The third-order valence-corrected chi connectivity index (χ3v) is 2.35. The van der Waals surface area contributed by atoms with E-state index in [4.69, 9.17) is 0 Å². The Morgan fingerprint density at radius 3 is 2.25 bits per heavy atom. The molecule has 2 rings (SSSR count). The second kappa shape index (κ2) is 3.77. The van der Waals surface area contributed by atoms with Gasteiger partial charge in [0.15, 0.2) is 0 Å². The van der Waals surface area contributed by atoms with E-state index in [0.717, 1.165) is 5.56 Å². The van der Waals surface area contributed by atoms with Crippen LogP contribution in [0.3, 0.4) is 0 Å². The largest absolute Gasteiger partial charge is 0.508 e. The van der Waals surface area contributed by atoms with Crippen LogP contribution < -0.4 is 0 Å². The molecule has 0 aliphatic rings. The van der Waals surface area contributed by atoms with Gasteiger partial charge < -0.3 is 15.3 Å². The Morgan fingerprint density at radius 1 is 0.812 bits per heavy atom. The predicted molar refractivity (Wildman–Crippen MR) is 61.6 cm³/mol. The first kappa shape index (κ1) is 10.4. The highest BCUT2D eigenvalue weighted by atomic mass is 16.3. The summed E-state index contributed by atoms with van der Waals surface area (Å²) in [6.45, 7) is 1.85. The average molecular weight is 216 g/mol. The first-order chi connectivity index (χ1) is 7.56. The maximum atomic E-state index is 9.68. The summed E-state index contributed by atoms with van der Waals surface area (Å²) in [5.74, 6) is 0.286. The number of hydrogen-bond donors (Lipinski definition) is 3. The first-order valence-corrected chi connectivity index (χ1v) is 4.89. The van der Waals surface area contributed by atoms with Gasteiger partial charge in [-0.2, -0.15) is 0 Å². The molecule has 3 N–H and O–H groups in total. The predicted octanol–water partition coefficient (Wildman–Crippen LogP) is 2.78. The lowest BCUT2D eigenvalue weighted by atomic mass is 10.0. The fraction of sp³-hybridized carbons (Fsp3) is 0.0769. The van der Waals surface area contributed by atoms with E-state index in [-0.39, 0.29) is 17.2 Å². The summed E-state index contributed by atoms with van der Waals surface area (Å²) in [6, 6.07) is 9.29. The summed E-state index contributed by atoms with van der Waals surface area (Å²) in [4.78, 5) is 0. The van der Waals surface area contributed by atoms with Gasteiger partial charge in [0.05, 0.1) is 0 Å². The Labute approximate surface area is 93.2 Å². The van der Waals surface area contributed by atoms with Crippen LogP contribution in [0.15, 0.2) is 36.4 Å². The van der Waals surface area contributed by atoms with Crippen molar-refractivity contribution < 1.29 is 15.3 Å². The van der Waals surface area contributed by atoms with Crippen LogP contribution in [-0.2, 0) is 0 Å². The quantitative estimate of drug-likeness (QED) is 0.642. The summed E-state index contributed by atoms with van der Waals surface area (Å²) >= 11 is 0. The number of phenolic OH excluding ortho intramolecular Hbond substituents is 3. The Morgan fingerprint density at radius 2 is 1.56 bits per heavy atom. The van der Waals surface area contributed by atoms with Crippen LogP contribution in [0.5, 0.6) is 17.2 Å². The molecule has 2 aromatic rings. The maximum absolute atomic E-state index is 9.68. The molecule has 2 aromatic carbocycles. The van der Waals surface area contributed by atoms with Crippen LogP contribution in [-0.4, -0.2) is 15.3 Å². The molecule has 0 radical (unpaired) electrons. The first-order valence-electron chi connectivity index (χ1n) is 4.89. The molecule has 0 aliphatic carbocycles. The van der Waals surface area contributed by atoms with E-state index >= 15 is 0 Å². The van der Waals surface area contributed by atoms with Gasteiger partial charge in [-0.1, -0.05) is 6.07 Å². The van der Waals surface area contributed by atoms with Crippen molar-refractivity contribution in [3.63, 3.8) is 0 Å². The van der Waals surface area contributed by atoms with E-state index in [1.54, 1.807) is 12.1 Å². The lowest BCUT2D eigenvalue weighted by molar-refractivity contribution is 0.461. The molecule has 0 saturated heterocycles. The highest BCUT2D eigenvalue weighted by Crippen LogP contribution is 2.34. The minimum absolute atomic E-state index is 0.0720. The van der Waals surface area contributed by atoms with Crippen LogP contribution in [0.2, 0.25) is 0 Å². The van der Waals surface area contributed by atoms with Crippen molar-refractivity contribution in [3.8, 4) is 28.4 Å². The minimum Gasteiger partial charge on any atom is -0.508 e. The number of benzene rings is 2. The average Bonchev–Trinajstić information content (AvgIpc) is 2.20. The van der Waals surface area contributed by atoms with Crippen LogP contribution in [0.4, 0.5) is 0 Å². The van der Waals surface area contributed by atoms with E-state index in [9.17, 15) is 15.3 Å². The van der Waals surface area contributed by atoms with Crippen LogP contribution >= 0.6 is 0 Å². The zero-order valence-electron chi connectivity index (χ0n) is 8.81. The van der Waals surface area contributed by atoms with E-state index in [1.807, 2.05) is 13.0 Å². The summed E-state index contributed by atoms with van der Waals surface area (Å²) in [5.41, 5.74) is 2.06. The van der Waals surface area contributed by atoms with Gasteiger partial charge in [-0.15, -0.1) is 0 Å². The SMILES string of the molecule is Cc1cc(O)cc(-c2cc(O)ccc2O)c1. The normalized spacial score (nSPS) is 10.3. The van der Waals surface area contributed by atoms with E-state index in [0.29, 0.717) is 11.1 Å². The van der Waals surface area contributed by atoms with Crippen molar-refractivity contribution in [2.75, 3.05) is 0 Å². The van der Waals surface area contributed by atoms with Gasteiger partial charge in [0.1, 0.15) is 17.2 Å². The number of hydrogen-bond acceptors (Lipinski definition) is 3. The molecule has 3 nitrogen and oxygen atoms in total. The minimum atomic E-state index is 0.0720. The lowest BCUT2D eigenvalue weighted by Crippen LogP contribution is -1.81. The van der Waals surface area contributed by atoms with Gasteiger partial charge in [0, 0.05) is 5.56 Å². The zero-order valence-corrected chi connectivity index (χ0v) is 8.81. The van der Waals surface area contributed by atoms with Crippen molar-refractivity contribution in [1.82, 2.24) is 0 Å². The molecule has 0 amide bonds. The number of aromatic hydroxyl groups is 3. The third-order valence-electron chi connectivity index (χ3n) is 2.35. The summed E-state index contributed by atoms with van der Waals surface area (Å²) < 4.78 is 0. The van der Waals surface area contributed by atoms with Crippen molar-refractivity contribution in [3.05, 3.63) is 42.0 Å². The molecule has 0 fully saturated rings. The molecule has 0 bridgehead atoms. The number of phenols is 3. The second-order valence-corrected chi connectivity index (χ2v) is 3.76. The summed E-state index contributed by atoms with van der Waals surface area (Å²) in [5, 5.41) is 28.5. The topological polar surface area (TPSA) is 60.7 Å². The van der Waals surface area contributed by atoms with Crippen molar-refractivity contribution in [2.45, 2.75) is 6.92 Å². The van der Waals surface area contributed by atoms with Crippen molar-refractivity contribution >= 4 is 0 Å². The molecule has 16 heavy (non-hydrogen) atoms. The molecule has 3 heteroatoms. The van der Waals surface area contributed by atoms with E-state index in [1.165, 1.54) is 18.2 Å². The van der Waals surface area contributed by atoms with Gasteiger partial charge >= 0.3 is 0 Å². The molecule has 82 valence electrons. The monoisotopic (exact) mass is 216 g/mol. The van der Waals surface area contributed by atoms with E-state index in [2.05, 4.69) is 0 Å². The third kappa shape index (κ3) is 1.93. The molecule has 0 saturated carbocycles. The molecular weight excluding hydrogens is 204 g/mol. The van der Waals surface area contributed by atoms with Crippen LogP contribution in [0, 0.1) is 6.92 Å². The van der Waals surface area contributed by atoms with Gasteiger partial charge in [-0.05, 0) is 48.4 Å². The van der Waals surface area contributed by atoms with Crippen molar-refractivity contribution in [2.24, 2.45) is 0 Å². The van der Waals surface area contributed by atoms with Crippen LogP contribution in [0.25, 0.3) is 11.1 Å².